The van der Waals surface area contributed by atoms with E-state index in [0.717, 1.165) is 0 Å². The van der Waals surface area contributed by atoms with Gasteiger partial charge >= 0.3 is 5.97 Å². The third-order valence-electron chi connectivity index (χ3n) is 2.71. The average molecular weight is 278 g/mol. The van der Waals surface area contributed by atoms with E-state index in [9.17, 15) is 9.59 Å². The van der Waals surface area contributed by atoms with Crippen LogP contribution >= 0.6 is 11.6 Å². The van der Waals surface area contributed by atoms with Gasteiger partial charge < -0.3 is 4.74 Å². The first kappa shape index (κ1) is 13.5. The van der Waals surface area contributed by atoms with Crippen LogP contribution in [0.1, 0.15) is 34.6 Å². The second-order valence-electron chi connectivity index (χ2n) is 3.99. The van der Waals surface area contributed by atoms with Crippen LogP contribution in [-0.4, -0.2) is 23.3 Å². The Morgan fingerprint density at radius 1 is 1.37 bits per heavy atom. The number of pyridine rings is 1. The number of ether oxygens (including phenoxy) is 1. The van der Waals surface area contributed by atoms with Crippen molar-refractivity contribution in [1.82, 2.24) is 4.98 Å². The van der Waals surface area contributed by atoms with Gasteiger partial charge in [0, 0.05) is 17.1 Å². The number of rotatable bonds is 3. The van der Waals surface area contributed by atoms with Crippen LogP contribution in [0.15, 0.2) is 24.4 Å². The highest BCUT2D eigenvalue weighted by atomic mass is 35.5. The van der Waals surface area contributed by atoms with Gasteiger partial charge in [0.05, 0.1) is 22.7 Å². The first-order chi connectivity index (χ1) is 9.04. The summed E-state index contributed by atoms with van der Waals surface area (Å²) in [5.74, 6) is -0.549. The Morgan fingerprint density at radius 3 is 2.74 bits per heavy atom. The minimum atomic E-state index is -0.502. The molecule has 0 saturated carbocycles. The molecule has 1 heterocycles. The lowest BCUT2D eigenvalue weighted by Crippen LogP contribution is -2.06. The van der Waals surface area contributed by atoms with Crippen molar-refractivity contribution in [3.8, 4) is 0 Å². The summed E-state index contributed by atoms with van der Waals surface area (Å²) < 4.78 is 4.90. The van der Waals surface area contributed by atoms with E-state index in [2.05, 4.69) is 4.98 Å². The maximum absolute atomic E-state index is 11.7. The summed E-state index contributed by atoms with van der Waals surface area (Å²) in [7, 11) is 0. The zero-order chi connectivity index (χ0) is 14.0. The zero-order valence-electron chi connectivity index (χ0n) is 10.6. The molecule has 1 aromatic heterocycles. The lowest BCUT2D eigenvalue weighted by atomic mass is 10.1. The summed E-state index contributed by atoms with van der Waals surface area (Å²) in [4.78, 5) is 27.1. The van der Waals surface area contributed by atoms with Crippen molar-refractivity contribution in [3.05, 3.63) is 40.5 Å². The van der Waals surface area contributed by atoms with Crippen molar-refractivity contribution in [2.45, 2.75) is 13.8 Å². The molecule has 0 bridgehead atoms. The first-order valence-electron chi connectivity index (χ1n) is 5.81. The molecule has 0 saturated heterocycles. The average Bonchev–Trinajstić information content (AvgIpc) is 2.38. The topological polar surface area (TPSA) is 56.3 Å². The normalized spacial score (nSPS) is 10.5. The van der Waals surface area contributed by atoms with Crippen molar-refractivity contribution < 1.29 is 14.3 Å². The molecule has 0 aliphatic heterocycles. The van der Waals surface area contributed by atoms with Crippen molar-refractivity contribution in [3.63, 3.8) is 0 Å². The van der Waals surface area contributed by atoms with Crippen molar-refractivity contribution in [2.75, 3.05) is 6.61 Å². The van der Waals surface area contributed by atoms with Crippen LogP contribution in [0.4, 0.5) is 0 Å². The largest absolute Gasteiger partial charge is 0.462 e. The molecule has 0 unspecified atom stereocenters. The van der Waals surface area contributed by atoms with E-state index in [-0.39, 0.29) is 18.0 Å². The molecule has 2 rings (SSSR count). The number of fused-ring (bicyclic) bond motifs is 1. The molecule has 2 aromatic rings. The van der Waals surface area contributed by atoms with Gasteiger partial charge in [0.25, 0.3) is 0 Å². The fourth-order valence-corrected chi connectivity index (χ4v) is 2.02. The molecule has 0 N–H and O–H groups in total. The van der Waals surface area contributed by atoms with Gasteiger partial charge in [-0.1, -0.05) is 23.7 Å². The van der Waals surface area contributed by atoms with Crippen LogP contribution in [0.3, 0.4) is 0 Å². The Hall–Kier alpha value is -1.94. The van der Waals surface area contributed by atoms with Crippen LogP contribution in [0.5, 0.6) is 0 Å². The number of nitrogens with zero attached hydrogens (tertiary/aromatic N) is 1. The number of halogens is 1. The monoisotopic (exact) mass is 277 g/mol. The molecule has 0 amide bonds. The highest BCUT2D eigenvalue weighted by molar-refractivity contribution is 6.38. The van der Waals surface area contributed by atoms with Crippen LogP contribution in [0, 0.1) is 0 Å². The molecule has 4 nitrogen and oxygen atoms in total. The molecule has 19 heavy (non-hydrogen) atoms. The number of benzene rings is 1. The van der Waals surface area contributed by atoms with E-state index in [1.807, 2.05) is 0 Å². The fraction of sp³-hybridized carbons (Fsp3) is 0.214. The van der Waals surface area contributed by atoms with Crippen LogP contribution in [0.2, 0.25) is 5.02 Å². The number of aromatic nitrogens is 1. The van der Waals surface area contributed by atoms with E-state index in [1.54, 1.807) is 25.1 Å². The molecule has 5 heteroatoms. The Bertz CT molecular complexity index is 667. The molecule has 0 radical (unpaired) electrons. The second kappa shape index (κ2) is 5.36. The van der Waals surface area contributed by atoms with Crippen LogP contribution in [-0.2, 0) is 4.74 Å². The zero-order valence-corrected chi connectivity index (χ0v) is 11.3. The summed E-state index contributed by atoms with van der Waals surface area (Å²) in [6.45, 7) is 3.48. The molecule has 0 aliphatic carbocycles. The molecule has 0 aliphatic rings. The highest BCUT2D eigenvalue weighted by Crippen LogP contribution is 2.27. The molecule has 0 atom stereocenters. The predicted molar refractivity (Wildman–Crippen MR) is 72.7 cm³/mol. The van der Waals surface area contributed by atoms with E-state index in [1.165, 1.54) is 13.1 Å². The number of Topliss-reactive ketones (excluding diaryl/α,β-unsaturated/α-hetero) is 1. The van der Waals surface area contributed by atoms with Gasteiger partial charge in [-0.3, -0.25) is 9.78 Å². The fourth-order valence-electron chi connectivity index (χ4n) is 1.73. The summed E-state index contributed by atoms with van der Waals surface area (Å²) in [5, 5.41) is 0.913. The molecule has 98 valence electrons. The number of carbonyl (C=O) groups is 2. The van der Waals surface area contributed by atoms with Crippen molar-refractivity contribution in [1.29, 1.82) is 0 Å². The van der Waals surface area contributed by atoms with Gasteiger partial charge in [0.2, 0.25) is 0 Å². The van der Waals surface area contributed by atoms with Crippen molar-refractivity contribution >= 4 is 34.3 Å². The molecular weight excluding hydrogens is 266 g/mol. The molecule has 0 fully saturated rings. The lowest BCUT2D eigenvalue weighted by molar-refractivity contribution is 0.0526. The van der Waals surface area contributed by atoms with E-state index < -0.39 is 5.97 Å². The Labute approximate surface area is 115 Å². The lowest BCUT2D eigenvalue weighted by Gasteiger charge is -2.07. The van der Waals surface area contributed by atoms with Crippen LogP contribution < -0.4 is 0 Å². The third-order valence-corrected chi connectivity index (χ3v) is 3.11. The number of carbonyl (C=O) groups excluding carboxylic acids is 2. The maximum atomic E-state index is 11.7. The van der Waals surface area contributed by atoms with E-state index in [0.29, 0.717) is 21.5 Å². The van der Waals surface area contributed by atoms with Gasteiger partial charge in [-0.2, -0.15) is 0 Å². The van der Waals surface area contributed by atoms with Gasteiger partial charge in [0.1, 0.15) is 0 Å². The Morgan fingerprint density at radius 2 is 2.11 bits per heavy atom. The smallest absolute Gasteiger partial charge is 0.341 e. The van der Waals surface area contributed by atoms with Gasteiger partial charge in [-0.25, -0.2) is 4.79 Å². The Kier molecular flexibility index (Phi) is 3.81. The number of esters is 1. The van der Waals surface area contributed by atoms with E-state index in [4.69, 9.17) is 16.3 Å². The van der Waals surface area contributed by atoms with Gasteiger partial charge in [0.15, 0.2) is 5.78 Å². The van der Waals surface area contributed by atoms with Crippen LogP contribution in [0.25, 0.3) is 10.9 Å². The first-order valence-corrected chi connectivity index (χ1v) is 6.18. The predicted octanol–water partition coefficient (Wildman–Crippen LogP) is 3.27. The number of hydrogen-bond acceptors (Lipinski definition) is 4. The number of hydrogen-bond donors (Lipinski definition) is 0. The minimum absolute atomic E-state index is 0.0470. The second-order valence-corrected chi connectivity index (χ2v) is 4.37. The number of ketones is 1. The Balaban J connectivity index is 2.57. The minimum Gasteiger partial charge on any atom is -0.462 e. The SMILES string of the molecule is CCOC(=O)c1cnc2cc(C(C)=O)ccc2c1Cl. The summed E-state index contributed by atoms with van der Waals surface area (Å²) in [6.07, 6.45) is 1.37. The molecule has 1 aromatic carbocycles. The molecule has 0 spiro atoms. The standard InChI is InChI=1S/C14H12ClNO3/c1-3-19-14(18)11-7-16-12-6-9(8(2)17)4-5-10(12)13(11)15/h4-7H,3H2,1-2H3. The summed E-state index contributed by atoms with van der Waals surface area (Å²) in [6, 6.07) is 5.00. The molecular formula is C14H12ClNO3. The quantitative estimate of drug-likeness (QED) is 0.638. The maximum Gasteiger partial charge on any atom is 0.341 e. The summed E-state index contributed by atoms with van der Waals surface area (Å²) in [5.41, 5.74) is 1.36. The summed E-state index contributed by atoms with van der Waals surface area (Å²) >= 11 is 6.18. The van der Waals surface area contributed by atoms with E-state index >= 15 is 0 Å². The highest BCUT2D eigenvalue weighted by Gasteiger charge is 2.15. The third kappa shape index (κ3) is 2.58. The van der Waals surface area contributed by atoms with Gasteiger partial charge in [-0.15, -0.1) is 0 Å². The van der Waals surface area contributed by atoms with Gasteiger partial charge in [-0.05, 0) is 19.9 Å². The van der Waals surface area contributed by atoms with Crippen molar-refractivity contribution in [2.24, 2.45) is 0 Å².